The summed E-state index contributed by atoms with van der Waals surface area (Å²) in [5, 5.41) is 6.18. The summed E-state index contributed by atoms with van der Waals surface area (Å²) in [5.74, 6) is 0.982. The normalized spacial score (nSPS) is 10.6. The molecule has 28 heavy (non-hydrogen) atoms. The van der Waals surface area contributed by atoms with Crippen molar-refractivity contribution in [3.05, 3.63) is 77.9 Å². The van der Waals surface area contributed by atoms with E-state index in [1.165, 1.54) is 54.0 Å². The van der Waals surface area contributed by atoms with Crippen LogP contribution in [-0.2, 0) is 13.2 Å². The quantitative estimate of drug-likeness (QED) is 0.355. The Labute approximate surface area is 175 Å². The molecule has 0 bridgehead atoms. The van der Waals surface area contributed by atoms with Crippen LogP contribution in [0.15, 0.2) is 66.7 Å². The number of ether oxygens (including phenoxy) is 1. The van der Waals surface area contributed by atoms with E-state index in [2.05, 4.69) is 72.9 Å². The van der Waals surface area contributed by atoms with Gasteiger partial charge in [0.25, 0.3) is 0 Å². The van der Waals surface area contributed by atoms with E-state index >= 15 is 0 Å². The van der Waals surface area contributed by atoms with Crippen molar-refractivity contribution in [3.63, 3.8) is 0 Å². The van der Waals surface area contributed by atoms with Gasteiger partial charge in [-0.15, -0.1) is 12.4 Å². The summed E-state index contributed by atoms with van der Waals surface area (Å²) in [6.07, 6.45) is 6.54. The van der Waals surface area contributed by atoms with Crippen molar-refractivity contribution < 1.29 is 4.74 Å². The molecule has 0 heterocycles. The van der Waals surface area contributed by atoms with Gasteiger partial charge in [-0.1, -0.05) is 93.3 Å². The van der Waals surface area contributed by atoms with Crippen LogP contribution in [0.2, 0.25) is 0 Å². The first kappa shape index (κ1) is 22.3. The second-order valence-electron chi connectivity index (χ2n) is 7.13. The summed E-state index contributed by atoms with van der Waals surface area (Å²) in [5.41, 5.74) is 2.46. The average molecular weight is 398 g/mol. The van der Waals surface area contributed by atoms with E-state index < -0.39 is 0 Å². The maximum atomic E-state index is 6.20. The second-order valence-corrected chi connectivity index (χ2v) is 7.13. The molecule has 1 N–H and O–H groups in total. The van der Waals surface area contributed by atoms with E-state index in [9.17, 15) is 0 Å². The lowest BCUT2D eigenvalue weighted by Crippen LogP contribution is -2.16. The van der Waals surface area contributed by atoms with Crippen LogP contribution in [0.25, 0.3) is 10.8 Å². The fourth-order valence-electron chi connectivity index (χ4n) is 3.44. The largest absolute Gasteiger partial charge is 0.489 e. The Balaban J connectivity index is 0.00000280. The molecule has 0 fully saturated rings. The fourth-order valence-corrected chi connectivity index (χ4v) is 3.44. The Hall–Kier alpha value is -2.03. The van der Waals surface area contributed by atoms with Gasteiger partial charge >= 0.3 is 0 Å². The van der Waals surface area contributed by atoms with Gasteiger partial charge in [0.2, 0.25) is 0 Å². The minimum Gasteiger partial charge on any atom is -0.489 e. The van der Waals surface area contributed by atoms with E-state index in [0.717, 1.165) is 18.8 Å². The first-order chi connectivity index (χ1) is 13.4. The van der Waals surface area contributed by atoms with Crippen molar-refractivity contribution in [2.45, 2.75) is 52.2 Å². The molecule has 0 radical (unpaired) electrons. The highest BCUT2D eigenvalue weighted by molar-refractivity contribution is 5.87. The molecule has 150 valence electrons. The maximum Gasteiger partial charge on any atom is 0.124 e. The van der Waals surface area contributed by atoms with Gasteiger partial charge in [-0.2, -0.15) is 0 Å². The average Bonchev–Trinajstić information content (AvgIpc) is 2.73. The summed E-state index contributed by atoms with van der Waals surface area (Å²) in [6, 6.07) is 23.2. The van der Waals surface area contributed by atoms with Crippen molar-refractivity contribution >= 4 is 23.2 Å². The molecule has 0 saturated heterocycles. The zero-order chi connectivity index (χ0) is 18.7. The van der Waals surface area contributed by atoms with Crippen LogP contribution in [0.5, 0.6) is 5.75 Å². The van der Waals surface area contributed by atoms with Gasteiger partial charge in [-0.25, -0.2) is 0 Å². The topological polar surface area (TPSA) is 21.3 Å². The highest BCUT2D eigenvalue weighted by Crippen LogP contribution is 2.28. The molecule has 2 nitrogen and oxygen atoms in total. The predicted octanol–water partition coefficient (Wildman–Crippen LogP) is 6.90. The van der Waals surface area contributed by atoms with Crippen molar-refractivity contribution in [3.8, 4) is 5.75 Å². The SMILES string of the molecule is CCCCCCCNCc1c(OCc2ccccc2)ccc2ccccc12.Cl. The molecule has 0 amide bonds. The van der Waals surface area contributed by atoms with Crippen LogP contribution in [0, 0.1) is 0 Å². The summed E-state index contributed by atoms with van der Waals surface area (Å²) in [6.45, 7) is 4.77. The van der Waals surface area contributed by atoms with Gasteiger partial charge in [-0.05, 0) is 35.4 Å². The summed E-state index contributed by atoms with van der Waals surface area (Å²) in [7, 11) is 0. The molecule has 0 atom stereocenters. The first-order valence-electron chi connectivity index (χ1n) is 10.3. The third kappa shape index (κ3) is 6.54. The zero-order valence-electron chi connectivity index (χ0n) is 16.8. The zero-order valence-corrected chi connectivity index (χ0v) is 17.6. The highest BCUT2D eigenvalue weighted by atomic mass is 35.5. The van der Waals surface area contributed by atoms with Crippen molar-refractivity contribution in [1.82, 2.24) is 5.32 Å². The molecule has 0 aliphatic rings. The molecule has 0 aliphatic heterocycles. The molecule has 3 rings (SSSR count). The smallest absolute Gasteiger partial charge is 0.124 e. The van der Waals surface area contributed by atoms with E-state index in [1.807, 2.05) is 6.07 Å². The minimum absolute atomic E-state index is 0. The van der Waals surface area contributed by atoms with Crippen LogP contribution in [0.4, 0.5) is 0 Å². The van der Waals surface area contributed by atoms with Crippen LogP contribution < -0.4 is 10.1 Å². The molecule has 3 heteroatoms. The molecule has 0 unspecified atom stereocenters. The number of hydrogen-bond acceptors (Lipinski definition) is 2. The Morgan fingerprint density at radius 1 is 0.786 bits per heavy atom. The third-order valence-corrected chi connectivity index (χ3v) is 4.99. The fraction of sp³-hybridized carbons (Fsp3) is 0.360. The summed E-state index contributed by atoms with van der Waals surface area (Å²) >= 11 is 0. The van der Waals surface area contributed by atoms with Gasteiger partial charge in [-0.3, -0.25) is 0 Å². The Bertz CT molecular complexity index is 819. The monoisotopic (exact) mass is 397 g/mol. The third-order valence-electron chi connectivity index (χ3n) is 4.99. The molecular weight excluding hydrogens is 366 g/mol. The number of fused-ring (bicyclic) bond motifs is 1. The van der Waals surface area contributed by atoms with Crippen LogP contribution in [0.3, 0.4) is 0 Å². The predicted molar refractivity (Wildman–Crippen MR) is 122 cm³/mol. The van der Waals surface area contributed by atoms with Gasteiger partial charge in [0.05, 0.1) is 0 Å². The Kier molecular flexibility index (Phi) is 9.88. The lowest BCUT2D eigenvalue weighted by atomic mass is 10.0. The van der Waals surface area contributed by atoms with E-state index in [4.69, 9.17) is 4.74 Å². The number of rotatable bonds is 11. The van der Waals surface area contributed by atoms with Gasteiger partial charge in [0.15, 0.2) is 0 Å². The molecule has 3 aromatic carbocycles. The number of nitrogens with one attached hydrogen (secondary N) is 1. The van der Waals surface area contributed by atoms with Crippen molar-refractivity contribution in [2.24, 2.45) is 0 Å². The Morgan fingerprint density at radius 3 is 2.36 bits per heavy atom. The molecule has 0 aromatic heterocycles. The van der Waals surface area contributed by atoms with Crippen LogP contribution >= 0.6 is 12.4 Å². The van der Waals surface area contributed by atoms with Crippen molar-refractivity contribution in [2.75, 3.05) is 6.54 Å². The molecule has 0 aliphatic carbocycles. The van der Waals surface area contributed by atoms with Gasteiger partial charge < -0.3 is 10.1 Å². The van der Waals surface area contributed by atoms with E-state index in [-0.39, 0.29) is 12.4 Å². The standard InChI is InChI=1S/C25H31NO.ClH/c1-2-3-4-5-11-18-26-19-24-23-15-10-9-14-22(23)16-17-25(24)27-20-21-12-7-6-8-13-21;/h6-10,12-17,26H,2-5,11,18-20H2,1H3;1H. The highest BCUT2D eigenvalue weighted by Gasteiger charge is 2.09. The second kappa shape index (κ2) is 12.4. The van der Waals surface area contributed by atoms with Crippen molar-refractivity contribution in [1.29, 1.82) is 0 Å². The van der Waals surface area contributed by atoms with E-state index in [1.54, 1.807) is 0 Å². The lowest BCUT2D eigenvalue weighted by Gasteiger charge is -2.15. The maximum absolute atomic E-state index is 6.20. The lowest BCUT2D eigenvalue weighted by molar-refractivity contribution is 0.302. The van der Waals surface area contributed by atoms with Crippen LogP contribution in [0.1, 0.15) is 50.2 Å². The Morgan fingerprint density at radius 2 is 1.54 bits per heavy atom. The summed E-state index contributed by atoms with van der Waals surface area (Å²) < 4.78 is 6.20. The number of unbranched alkanes of at least 4 members (excludes halogenated alkanes) is 4. The minimum atomic E-state index is 0. The van der Waals surface area contributed by atoms with E-state index in [0.29, 0.717) is 6.61 Å². The van der Waals surface area contributed by atoms with Crippen LogP contribution in [-0.4, -0.2) is 6.54 Å². The first-order valence-corrected chi connectivity index (χ1v) is 10.3. The molecule has 0 saturated carbocycles. The van der Waals surface area contributed by atoms with Gasteiger partial charge in [0.1, 0.15) is 12.4 Å². The van der Waals surface area contributed by atoms with Gasteiger partial charge in [0, 0.05) is 12.1 Å². The molecule has 0 spiro atoms. The molecule has 3 aromatic rings. The number of halogens is 1. The summed E-state index contributed by atoms with van der Waals surface area (Å²) in [4.78, 5) is 0. The number of hydrogen-bond donors (Lipinski definition) is 1. The molecular formula is C25H32ClNO. The number of benzene rings is 3.